The number of nitriles is 1. The summed E-state index contributed by atoms with van der Waals surface area (Å²) in [4.78, 5) is 0. The van der Waals surface area contributed by atoms with Gasteiger partial charge in [-0.1, -0.05) is 60.7 Å². The summed E-state index contributed by atoms with van der Waals surface area (Å²) in [5, 5.41) is 12.5. The van der Waals surface area contributed by atoms with Crippen LogP contribution in [-0.2, 0) is 0 Å². The average molecular weight is 250 g/mol. The van der Waals surface area contributed by atoms with Gasteiger partial charge in [-0.3, -0.25) is 0 Å². The third-order valence-electron chi connectivity index (χ3n) is 3.25. The van der Waals surface area contributed by atoms with Gasteiger partial charge in [0.25, 0.3) is 0 Å². The zero-order chi connectivity index (χ0) is 13.5. The Balaban J connectivity index is 2.12. The molecule has 2 aromatic rings. The molecule has 0 aromatic heterocycles. The van der Waals surface area contributed by atoms with Gasteiger partial charge in [0.15, 0.2) is 0 Å². The average Bonchev–Trinajstić information content (AvgIpc) is 2.48. The largest absolute Gasteiger partial charge is 0.302 e. The van der Waals surface area contributed by atoms with Crippen LogP contribution in [0.2, 0.25) is 0 Å². The lowest BCUT2D eigenvalue weighted by Crippen LogP contribution is -2.24. The number of hydrogen-bond donors (Lipinski definition) is 1. The van der Waals surface area contributed by atoms with Crippen molar-refractivity contribution in [1.29, 1.82) is 5.26 Å². The van der Waals surface area contributed by atoms with Crippen LogP contribution in [0, 0.1) is 11.3 Å². The Morgan fingerprint density at radius 3 is 2.00 bits per heavy atom. The molecular formula is C17H18N2. The van der Waals surface area contributed by atoms with Gasteiger partial charge in [-0.25, -0.2) is 0 Å². The third-order valence-corrected chi connectivity index (χ3v) is 3.25. The Morgan fingerprint density at radius 1 is 0.947 bits per heavy atom. The van der Waals surface area contributed by atoms with E-state index >= 15 is 0 Å². The predicted octanol–water partition coefficient (Wildman–Crippen LogP) is 3.99. The summed E-state index contributed by atoms with van der Waals surface area (Å²) in [6, 6.07) is 23.0. The molecule has 0 aliphatic carbocycles. The minimum Gasteiger partial charge on any atom is -0.302 e. The first kappa shape index (κ1) is 13.3. The van der Waals surface area contributed by atoms with Crippen molar-refractivity contribution in [3.8, 4) is 6.07 Å². The van der Waals surface area contributed by atoms with Crippen molar-refractivity contribution >= 4 is 0 Å². The molecule has 1 unspecified atom stereocenters. The van der Waals surface area contributed by atoms with E-state index in [0.717, 1.165) is 5.56 Å². The highest BCUT2D eigenvalue weighted by Crippen LogP contribution is 2.21. The number of nitrogens with one attached hydrogen (secondary N) is 1. The van der Waals surface area contributed by atoms with Crippen molar-refractivity contribution in [1.82, 2.24) is 5.32 Å². The van der Waals surface area contributed by atoms with E-state index in [4.69, 9.17) is 5.26 Å². The van der Waals surface area contributed by atoms with E-state index in [1.165, 1.54) is 5.56 Å². The van der Waals surface area contributed by atoms with Gasteiger partial charge in [0.05, 0.1) is 12.5 Å². The van der Waals surface area contributed by atoms with Crippen molar-refractivity contribution in [2.75, 3.05) is 0 Å². The molecule has 2 heteroatoms. The molecule has 0 aliphatic rings. The van der Waals surface area contributed by atoms with Gasteiger partial charge in [-0.05, 0) is 18.1 Å². The van der Waals surface area contributed by atoms with Crippen molar-refractivity contribution in [3.63, 3.8) is 0 Å². The highest BCUT2D eigenvalue weighted by atomic mass is 14.9. The molecule has 2 rings (SSSR count). The van der Waals surface area contributed by atoms with E-state index in [1.54, 1.807) is 0 Å². The Labute approximate surface area is 114 Å². The zero-order valence-corrected chi connectivity index (χ0v) is 11.1. The van der Waals surface area contributed by atoms with Crippen LogP contribution in [0.1, 0.15) is 36.6 Å². The van der Waals surface area contributed by atoms with Crippen LogP contribution in [0.25, 0.3) is 0 Å². The molecular weight excluding hydrogens is 232 g/mol. The summed E-state index contributed by atoms with van der Waals surface area (Å²) in [7, 11) is 0. The van der Waals surface area contributed by atoms with E-state index < -0.39 is 0 Å². The van der Waals surface area contributed by atoms with E-state index in [-0.39, 0.29) is 12.1 Å². The number of rotatable bonds is 5. The molecule has 0 radical (unpaired) electrons. The second-order valence-corrected chi connectivity index (χ2v) is 4.62. The van der Waals surface area contributed by atoms with Crippen LogP contribution in [0.3, 0.4) is 0 Å². The molecule has 2 nitrogen and oxygen atoms in total. The van der Waals surface area contributed by atoms with E-state index in [0.29, 0.717) is 6.42 Å². The molecule has 2 aromatic carbocycles. The molecule has 2 atom stereocenters. The highest BCUT2D eigenvalue weighted by molar-refractivity contribution is 5.22. The Hall–Kier alpha value is -2.11. The van der Waals surface area contributed by atoms with Gasteiger partial charge in [0.2, 0.25) is 0 Å². The van der Waals surface area contributed by atoms with Crippen molar-refractivity contribution in [3.05, 3.63) is 71.8 Å². The molecule has 0 bridgehead atoms. The van der Waals surface area contributed by atoms with Gasteiger partial charge < -0.3 is 5.32 Å². The van der Waals surface area contributed by atoms with Crippen molar-refractivity contribution in [2.24, 2.45) is 0 Å². The lowest BCUT2D eigenvalue weighted by Gasteiger charge is -2.22. The number of nitrogens with zero attached hydrogens (tertiary/aromatic N) is 1. The maximum Gasteiger partial charge on any atom is 0.0641 e. The van der Waals surface area contributed by atoms with Gasteiger partial charge in [-0.15, -0.1) is 0 Å². The molecule has 0 saturated heterocycles. The van der Waals surface area contributed by atoms with Gasteiger partial charge >= 0.3 is 0 Å². The topological polar surface area (TPSA) is 35.8 Å². The second-order valence-electron chi connectivity index (χ2n) is 4.62. The molecule has 19 heavy (non-hydrogen) atoms. The Bertz CT molecular complexity index is 528. The van der Waals surface area contributed by atoms with Crippen molar-refractivity contribution in [2.45, 2.75) is 25.4 Å². The molecule has 1 N–H and O–H groups in total. The summed E-state index contributed by atoms with van der Waals surface area (Å²) < 4.78 is 0. The summed E-state index contributed by atoms with van der Waals surface area (Å²) in [6.45, 7) is 2.13. The first-order valence-electron chi connectivity index (χ1n) is 6.54. The van der Waals surface area contributed by atoms with Crippen LogP contribution >= 0.6 is 0 Å². The molecule has 0 amide bonds. The molecule has 0 heterocycles. The first-order valence-corrected chi connectivity index (χ1v) is 6.54. The summed E-state index contributed by atoms with van der Waals surface area (Å²) in [6.07, 6.45) is 0.473. The SMILES string of the molecule is C[C@@H](NC(CC#N)c1ccccc1)c1ccccc1. The lowest BCUT2D eigenvalue weighted by atomic mass is 10.0. The minimum atomic E-state index is 0.0707. The fraction of sp³-hybridized carbons (Fsp3) is 0.235. The van der Waals surface area contributed by atoms with Crippen LogP contribution in [0.15, 0.2) is 60.7 Å². The smallest absolute Gasteiger partial charge is 0.0641 e. The minimum absolute atomic E-state index is 0.0707. The standard InChI is InChI=1S/C17H18N2/c1-14(15-8-4-2-5-9-15)19-17(12-13-18)16-10-6-3-7-11-16/h2-11,14,17,19H,12H2,1H3/t14-,17?/m1/s1. The lowest BCUT2D eigenvalue weighted by molar-refractivity contribution is 0.472. The molecule has 0 fully saturated rings. The van der Waals surface area contributed by atoms with Crippen molar-refractivity contribution < 1.29 is 0 Å². The van der Waals surface area contributed by atoms with Crippen LogP contribution in [0.4, 0.5) is 0 Å². The first-order chi connectivity index (χ1) is 9.31. The molecule has 0 aliphatic heterocycles. The number of hydrogen-bond acceptors (Lipinski definition) is 2. The summed E-state index contributed by atoms with van der Waals surface area (Å²) in [5.74, 6) is 0. The van der Waals surface area contributed by atoms with Gasteiger partial charge in [-0.2, -0.15) is 5.26 Å². The highest BCUT2D eigenvalue weighted by Gasteiger charge is 2.14. The Kier molecular flexibility index (Phi) is 4.72. The van der Waals surface area contributed by atoms with Crippen LogP contribution < -0.4 is 5.32 Å². The number of benzene rings is 2. The van der Waals surface area contributed by atoms with Gasteiger partial charge in [0.1, 0.15) is 0 Å². The van der Waals surface area contributed by atoms with Crippen LogP contribution in [0.5, 0.6) is 0 Å². The maximum atomic E-state index is 8.99. The normalized spacial score (nSPS) is 13.5. The van der Waals surface area contributed by atoms with E-state index in [2.05, 4.69) is 42.6 Å². The zero-order valence-electron chi connectivity index (χ0n) is 11.1. The monoisotopic (exact) mass is 250 g/mol. The predicted molar refractivity (Wildman–Crippen MR) is 77.4 cm³/mol. The fourth-order valence-electron chi connectivity index (χ4n) is 2.19. The summed E-state index contributed by atoms with van der Waals surface area (Å²) >= 11 is 0. The maximum absolute atomic E-state index is 8.99. The second kappa shape index (κ2) is 6.72. The van der Waals surface area contributed by atoms with E-state index in [9.17, 15) is 0 Å². The van der Waals surface area contributed by atoms with Crippen LogP contribution in [-0.4, -0.2) is 0 Å². The Morgan fingerprint density at radius 2 is 1.47 bits per heavy atom. The van der Waals surface area contributed by atoms with E-state index in [1.807, 2.05) is 36.4 Å². The fourth-order valence-corrected chi connectivity index (χ4v) is 2.19. The molecule has 0 spiro atoms. The third kappa shape index (κ3) is 3.67. The molecule has 0 saturated carbocycles. The molecule has 96 valence electrons. The summed E-state index contributed by atoms with van der Waals surface area (Å²) in [5.41, 5.74) is 2.40. The van der Waals surface area contributed by atoms with Gasteiger partial charge in [0, 0.05) is 12.1 Å². The quantitative estimate of drug-likeness (QED) is 0.870.